The number of carbonyl (C=O) groups is 2. The highest BCUT2D eigenvalue weighted by Gasteiger charge is 2.09. The van der Waals surface area contributed by atoms with Gasteiger partial charge in [-0.2, -0.15) is 5.10 Å². The molecule has 8 heteroatoms. The number of hydrogen-bond acceptors (Lipinski definition) is 4. The van der Waals surface area contributed by atoms with Crippen LogP contribution in [-0.2, 0) is 0 Å². The van der Waals surface area contributed by atoms with Crippen molar-refractivity contribution in [1.29, 1.82) is 0 Å². The Morgan fingerprint density at radius 1 is 1.05 bits per heavy atom. The number of aromatic amines is 1. The van der Waals surface area contributed by atoms with Crippen LogP contribution in [0, 0.1) is 3.57 Å². The van der Waals surface area contributed by atoms with Gasteiger partial charge >= 0.3 is 0 Å². The molecule has 22 heavy (non-hydrogen) atoms. The monoisotopic (exact) mass is 412 g/mol. The molecule has 3 N–H and O–H groups in total. The van der Waals surface area contributed by atoms with Gasteiger partial charge in [0.2, 0.25) is 0 Å². The summed E-state index contributed by atoms with van der Waals surface area (Å²) in [7, 11) is 0. The number of benzene rings is 1. The average molecular weight is 412 g/mol. The molecule has 2 aromatic rings. The van der Waals surface area contributed by atoms with Crippen molar-refractivity contribution >= 4 is 34.4 Å². The van der Waals surface area contributed by atoms with Gasteiger partial charge in [-0.05, 0) is 40.8 Å². The summed E-state index contributed by atoms with van der Waals surface area (Å²) in [5.74, 6) is -0.610. The first kappa shape index (κ1) is 16.1. The first-order valence-corrected chi connectivity index (χ1v) is 7.52. The van der Waals surface area contributed by atoms with Gasteiger partial charge in [-0.1, -0.05) is 12.1 Å². The predicted octanol–water partition coefficient (Wildman–Crippen LogP) is 0.534. The van der Waals surface area contributed by atoms with Crippen molar-refractivity contribution in [1.82, 2.24) is 20.8 Å². The van der Waals surface area contributed by atoms with Gasteiger partial charge in [0.25, 0.3) is 17.4 Å². The lowest BCUT2D eigenvalue weighted by atomic mass is 10.2. The van der Waals surface area contributed by atoms with Crippen LogP contribution in [0.4, 0.5) is 0 Å². The van der Waals surface area contributed by atoms with E-state index in [1.165, 1.54) is 12.1 Å². The molecule has 7 nitrogen and oxygen atoms in total. The number of H-pyrrole nitrogens is 1. The molecule has 0 saturated heterocycles. The molecule has 0 saturated carbocycles. The SMILES string of the molecule is O=C(NCCNC(=O)c1ccccc1I)c1ccc(=O)[nH]n1. The van der Waals surface area contributed by atoms with Gasteiger partial charge in [0.1, 0.15) is 5.69 Å². The molecule has 114 valence electrons. The molecule has 0 aliphatic rings. The lowest BCUT2D eigenvalue weighted by Crippen LogP contribution is -2.35. The molecule has 0 unspecified atom stereocenters. The molecule has 0 aliphatic carbocycles. The quantitative estimate of drug-likeness (QED) is 0.493. The second-order valence-electron chi connectivity index (χ2n) is 4.30. The number of aromatic nitrogens is 2. The largest absolute Gasteiger partial charge is 0.350 e. The first-order chi connectivity index (χ1) is 10.6. The van der Waals surface area contributed by atoms with E-state index in [-0.39, 0.29) is 23.7 Å². The summed E-state index contributed by atoms with van der Waals surface area (Å²) in [6.07, 6.45) is 0. The van der Waals surface area contributed by atoms with Crippen LogP contribution in [0.3, 0.4) is 0 Å². The lowest BCUT2D eigenvalue weighted by molar-refractivity contribution is 0.0924. The van der Waals surface area contributed by atoms with Crippen LogP contribution >= 0.6 is 22.6 Å². The highest BCUT2D eigenvalue weighted by molar-refractivity contribution is 14.1. The van der Waals surface area contributed by atoms with Crippen LogP contribution < -0.4 is 16.2 Å². The summed E-state index contributed by atoms with van der Waals surface area (Å²) < 4.78 is 0.860. The van der Waals surface area contributed by atoms with Crippen LogP contribution in [0.5, 0.6) is 0 Å². The maximum Gasteiger partial charge on any atom is 0.271 e. The Kier molecular flexibility index (Phi) is 5.64. The van der Waals surface area contributed by atoms with E-state index in [1.807, 2.05) is 12.1 Å². The molecule has 0 atom stereocenters. The Morgan fingerprint density at radius 2 is 1.73 bits per heavy atom. The van der Waals surface area contributed by atoms with E-state index >= 15 is 0 Å². The molecule has 0 fully saturated rings. The smallest absolute Gasteiger partial charge is 0.271 e. The number of halogens is 1. The summed E-state index contributed by atoms with van der Waals surface area (Å²) in [5.41, 5.74) is 0.335. The van der Waals surface area contributed by atoms with E-state index in [4.69, 9.17) is 0 Å². The molecular formula is C14H13IN4O3. The molecule has 1 aromatic carbocycles. The Bertz CT molecular complexity index is 724. The second-order valence-corrected chi connectivity index (χ2v) is 5.46. The first-order valence-electron chi connectivity index (χ1n) is 6.44. The number of hydrogen-bond donors (Lipinski definition) is 3. The number of nitrogens with one attached hydrogen (secondary N) is 3. The van der Waals surface area contributed by atoms with E-state index < -0.39 is 5.91 Å². The van der Waals surface area contributed by atoms with Crippen LogP contribution in [0.1, 0.15) is 20.8 Å². The fraction of sp³-hybridized carbons (Fsp3) is 0.143. The zero-order valence-corrected chi connectivity index (χ0v) is 13.6. The standard InChI is InChI=1S/C14H13IN4O3/c15-10-4-2-1-3-9(10)13(21)16-7-8-17-14(22)11-5-6-12(20)19-18-11/h1-6H,7-8H2,(H,16,21)(H,17,22)(H,19,20). The lowest BCUT2D eigenvalue weighted by Gasteiger charge is -2.07. The van der Waals surface area contributed by atoms with Crippen molar-refractivity contribution < 1.29 is 9.59 Å². The summed E-state index contributed by atoms with van der Waals surface area (Å²) in [6, 6.07) is 9.79. The van der Waals surface area contributed by atoms with Gasteiger partial charge < -0.3 is 10.6 Å². The van der Waals surface area contributed by atoms with Gasteiger partial charge in [0, 0.05) is 22.7 Å². The van der Waals surface area contributed by atoms with Gasteiger partial charge in [-0.15, -0.1) is 0 Å². The Balaban J connectivity index is 1.78. The number of amides is 2. The van der Waals surface area contributed by atoms with Crippen molar-refractivity contribution in [3.63, 3.8) is 0 Å². The van der Waals surface area contributed by atoms with Crippen LogP contribution in [0.25, 0.3) is 0 Å². The van der Waals surface area contributed by atoms with Crippen molar-refractivity contribution in [2.45, 2.75) is 0 Å². The van der Waals surface area contributed by atoms with E-state index in [2.05, 4.69) is 43.4 Å². The summed E-state index contributed by atoms with van der Waals surface area (Å²) >= 11 is 2.09. The Labute approximate surface area is 139 Å². The number of rotatable bonds is 5. The van der Waals surface area contributed by atoms with Crippen molar-refractivity contribution in [3.8, 4) is 0 Å². The van der Waals surface area contributed by atoms with Gasteiger partial charge in [0.05, 0.1) is 5.56 Å². The Morgan fingerprint density at radius 3 is 2.36 bits per heavy atom. The molecule has 1 aromatic heterocycles. The Hall–Kier alpha value is -2.23. The van der Waals surface area contributed by atoms with Crippen LogP contribution in [0.2, 0.25) is 0 Å². The summed E-state index contributed by atoms with van der Waals surface area (Å²) in [4.78, 5) is 34.5. The van der Waals surface area contributed by atoms with E-state index in [9.17, 15) is 14.4 Å². The van der Waals surface area contributed by atoms with Gasteiger partial charge in [-0.3, -0.25) is 14.4 Å². The van der Waals surface area contributed by atoms with E-state index in [1.54, 1.807) is 12.1 Å². The number of carbonyl (C=O) groups excluding carboxylic acids is 2. The maximum atomic E-state index is 11.9. The van der Waals surface area contributed by atoms with E-state index in [0.717, 1.165) is 3.57 Å². The highest BCUT2D eigenvalue weighted by Crippen LogP contribution is 2.10. The van der Waals surface area contributed by atoms with Gasteiger partial charge in [-0.25, -0.2) is 5.10 Å². The zero-order valence-electron chi connectivity index (χ0n) is 11.4. The number of nitrogens with zero attached hydrogens (tertiary/aromatic N) is 1. The fourth-order valence-corrected chi connectivity index (χ4v) is 2.29. The maximum absolute atomic E-state index is 11.9. The van der Waals surface area contributed by atoms with Crippen molar-refractivity contribution in [2.75, 3.05) is 13.1 Å². The van der Waals surface area contributed by atoms with Crippen molar-refractivity contribution in [3.05, 3.63) is 61.6 Å². The predicted molar refractivity (Wildman–Crippen MR) is 88.7 cm³/mol. The molecule has 2 amide bonds. The average Bonchev–Trinajstić information content (AvgIpc) is 2.52. The minimum atomic E-state index is -0.417. The van der Waals surface area contributed by atoms with Crippen LogP contribution in [-0.4, -0.2) is 35.1 Å². The minimum Gasteiger partial charge on any atom is -0.350 e. The minimum absolute atomic E-state index is 0.114. The molecule has 0 radical (unpaired) electrons. The molecule has 1 heterocycles. The normalized spacial score (nSPS) is 10.0. The molecule has 0 spiro atoms. The highest BCUT2D eigenvalue weighted by atomic mass is 127. The van der Waals surface area contributed by atoms with E-state index in [0.29, 0.717) is 12.1 Å². The molecule has 2 rings (SSSR count). The summed E-state index contributed by atoms with van der Waals surface area (Å²) in [5, 5.41) is 11.1. The second kappa shape index (κ2) is 7.69. The third-order valence-corrected chi connectivity index (χ3v) is 3.67. The third kappa shape index (κ3) is 4.38. The topological polar surface area (TPSA) is 104 Å². The van der Waals surface area contributed by atoms with Crippen molar-refractivity contribution in [2.24, 2.45) is 0 Å². The van der Waals surface area contributed by atoms with Gasteiger partial charge in [0.15, 0.2) is 0 Å². The zero-order chi connectivity index (χ0) is 15.9. The molecule has 0 bridgehead atoms. The van der Waals surface area contributed by atoms with Crippen LogP contribution in [0.15, 0.2) is 41.2 Å². The fourth-order valence-electron chi connectivity index (χ4n) is 1.65. The molecule has 0 aliphatic heterocycles. The molecular weight excluding hydrogens is 399 g/mol. The third-order valence-electron chi connectivity index (χ3n) is 2.73. The summed E-state index contributed by atoms with van der Waals surface area (Å²) in [6.45, 7) is 0.549.